The Morgan fingerprint density at radius 2 is 2.14 bits per heavy atom. The quantitative estimate of drug-likeness (QED) is 0.644. The number of nitrogens with zero attached hydrogens (tertiary/aromatic N) is 3. The number of hydrogen-bond acceptors (Lipinski definition) is 3. The van der Waals surface area contributed by atoms with Crippen LogP contribution in [0.1, 0.15) is 42.0 Å². The zero-order chi connectivity index (χ0) is 20.4. The summed E-state index contributed by atoms with van der Waals surface area (Å²) in [6.45, 7) is 8.64. The molecule has 0 spiro atoms. The summed E-state index contributed by atoms with van der Waals surface area (Å²) in [6, 6.07) is 0. The van der Waals surface area contributed by atoms with Crippen molar-refractivity contribution >= 4 is 17.5 Å². The lowest BCUT2D eigenvalue weighted by Crippen LogP contribution is -2.21. The second-order valence-corrected chi connectivity index (χ2v) is 7.45. The van der Waals surface area contributed by atoms with Gasteiger partial charge in [-0.3, -0.25) is 9.59 Å². The van der Waals surface area contributed by atoms with Crippen LogP contribution in [0.2, 0.25) is 0 Å². The molecule has 2 atom stereocenters. The van der Waals surface area contributed by atoms with E-state index in [0.717, 1.165) is 42.8 Å². The fourth-order valence-corrected chi connectivity index (χ4v) is 3.77. The van der Waals surface area contributed by atoms with Gasteiger partial charge in [-0.05, 0) is 38.2 Å². The third-order valence-electron chi connectivity index (χ3n) is 5.30. The molecule has 1 fully saturated rings. The van der Waals surface area contributed by atoms with E-state index in [-0.39, 0.29) is 11.8 Å². The molecule has 1 aliphatic carbocycles. The Morgan fingerprint density at radius 1 is 1.39 bits per heavy atom. The van der Waals surface area contributed by atoms with Gasteiger partial charge in [0.15, 0.2) is 5.69 Å². The average Bonchev–Trinajstić information content (AvgIpc) is 3.30. The first-order valence-corrected chi connectivity index (χ1v) is 9.53. The molecule has 28 heavy (non-hydrogen) atoms. The van der Waals surface area contributed by atoms with Gasteiger partial charge in [-0.1, -0.05) is 37.5 Å². The predicted molar refractivity (Wildman–Crippen MR) is 109 cm³/mol. The van der Waals surface area contributed by atoms with Crippen molar-refractivity contribution in [3.05, 3.63) is 47.3 Å². The number of nitrogens with two attached hydrogens (primary N) is 1. The first-order valence-electron chi connectivity index (χ1n) is 9.53. The number of amides is 2. The van der Waals surface area contributed by atoms with Gasteiger partial charge in [-0.25, -0.2) is 4.68 Å². The summed E-state index contributed by atoms with van der Waals surface area (Å²) in [6.07, 6.45) is 7.86. The Balaban J connectivity index is 1.94. The number of hydrogen-bond donors (Lipinski definition) is 1. The Bertz CT molecular complexity index is 955. The molecule has 1 aromatic heterocycles. The van der Waals surface area contributed by atoms with Gasteiger partial charge < -0.3 is 10.6 Å². The highest BCUT2D eigenvalue weighted by molar-refractivity contribution is 5.93. The molecule has 2 amide bonds. The fourth-order valence-electron chi connectivity index (χ4n) is 3.77. The highest BCUT2D eigenvalue weighted by Crippen LogP contribution is 2.31. The van der Waals surface area contributed by atoms with Crippen molar-refractivity contribution in [3.63, 3.8) is 0 Å². The zero-order valence-electron chi connectivity index (χ0n) is 16.7. The van der Waals surface area contributed by atoms with E-state index < -0.39 is 5.91 Å². The van der Waals surface area contributed by atoms with Crippen LogP contribution >= 0.6 is 0 Å². The lowest BCUT2D eigenvalue weighted by atomic mass is 10.1. The molecule has 3 rings (SSSR count). The van der Waals surface area contributed by atoms with Crippen LogP contribution in [-0.2, 0) is 17.6 Å². The summed E-state index contributed by atoms with van der Waals surface area (Å²) in [5.74, 6) is 5.88. The van der Waals surface area contributed by atoms with E-state index in [1.54, 1.807) is 22.7 Å². The monoisotopic (exact) mass is 378 g/mol. The largest absolute Gasteiger partial charge is 0.364 e. The van der Waals surface area contributed by atoms with Crippen molar-refractivity contribution in [1.29, 1.82) is 0 Å². The molecule has 1 aliphatic heterocycles. The molecule has 6 nitrogen and oxygen atoms in total. The number of likely N-dealkylation sites (tertiary alicyclic amines) is 1. The van der Waals surface area contributed by atoms with Crippen LogP contribution in [0.15, 0.2) is 30.4 Å². The minimum absolute atomic E-state index is 0.0622. The molecule has 2 heterocycles. The van der Waals surface area contributed by atoms with Crippen LogP contribution < -0.4 is 5.73 Å². The van der Waals surface area contributed by atoms with Crippen molar-refractivity contribution in [1.82, 2.24) is 14.7 Å². The molecular formula is C22H26N4O2. The van der Waals surface area contributed by atoms with E-state index in [9.17, 15) is 9.59 Å². The topological polar surface area (TPSA) is 81.2 Å². The van der Waals surface area contributed by atoms with Crippen molar-refractivity contribution in [2.75, 3.05) is 13.6 Å². The van der Waals surface area contributed by atoms with Crippen LogP contribution in [0, 0.1) is 23.7 Å². The van der Waals surface area contributed by atoms with Crippen LogP contribution in [0.5, 0.6) is 0 Å². The summed E-state index contributed by atoms with van der Waals surface area (Å²) in [7, 11) is 1.79. The van der Waals surface area contributed by atoms with Gasteiger partial charge in [0, 0.05) is 30.4 Å². The van der Waals surface area contributed by atoms with E-state index in [2.05, 4.69) is 30.4 Å². The fraction of sp³-hybridized carbons (Fsp3) is 0.409. The molecule has 0 radical (unpaired) electrons. The standard InChI is InChI=1S/C22H26N4O2/c1-5-15(7-8-16-9-10-25(4)22(16)28)13-17(6-2)26-19-12-14(3)11-18(19)20(24-26)21(23)27/h5-6,13-14,16H,1,9-12H2,2-4H3,(H2,23,27)/b15-13+,17-6+/t14?,16-/m1/s1. The number of fused-ring (bicyclic) bond motifs is 1. The van der Waals surface area contributed by atoms with E-state index in [1.165, 1.54) is 0 Å². The molecule has 0 aromatic carbocycles. The predicted octanol–water partition coefficient (Wildman–Crippen LogP) is 2.17. The lowest BCUT2D eigenvalue weighted by Gasteiger charge is -2.08. The van der Waals surface area contributed by atoms with Crippen molar-refractivity contribution in [2.45, 2.75) is 33.1 Å². The number of aromatic nitrogens is 2. The Morgan fingerprint density at radius 3 is 2.71 bits per heavy atom. The maximum atomic E-state index is 12.0. The number of carbonyl (C=O) groups excluding carboxylic acids is 2. The average molecular weight is 378 g/mol. The molecule has 1 saturated heterocycles. The van der Waals surface area contributed by atoms with E-state index >= 15 is 0 Å². The first-order chi connectivity index (χ1) is 13.3. The van der Waals surface area contributed by atoms with Gasteiger partial charge >= 0.3 is 0 Å². The smallest absolute Gasteiger partial charge is 0.269 e. The highest BCUT2D eigenvalue weighted by Gasteiger charge is 2.30. The second-order valence-electron chi connectivity index (χ2n) is 7.45. The minimum atomic E-state index is -0.504. The number of rotatable bonds is 4. The summed E-state index contributed by atoms with van der Waals surface area (Å²) < 4.78 is 1.79. The van der Waals surface area contributed by atoms with Gasteiger partial charge in [0.2, 0.25) is 5.91 Å². The number of primary amides is 1. The highest BCUT2D eigenvalue weighted by atomic mass is 16.2. The van der Waals surface area contributed by atoms with Gasteiger partial charge in [-0.2, -0.15) is 5.10 Å². The summed E-state index contributed by atoms with van der Waals surface area (Å²) in [4.78, 5) is 25.6. The molecule has 0 saturated carbocycles. The third-order valence-corrected chi connectivity index (χ3v) is 5.30. The van der Waals surface area contributed by atoms with Crippen LogP contribution in [0.4, 0.5) is 0 Å². The SMILES string of the molecule is C=C/C(C#C[C@@H]1CCN(C)C1=O)=C\C(=C/C)n1nc(C(N)=O)c2c1CC(C)C2. The van der Waals surface area contributed by atoms with E-state index in [1.807, 2.05) is 19.1 Å². The van der Waals surface area contributed by atoms with Gasteiger partial charge in [0.25, 0.3) is 5.91 Å². The van der Waals surface area contributed by atoms with Gasteiger partial charge in [-0.15, -0.1) is 0 Å². The Hall–Kier alpha value is -3.07. The normalized spacial score (nSPS) is 22.1. The number of allylic oxidation sites excluding steroid dienone is 5. The van der Waals surface area contributed by atoms with Crippen molar-refractivity contribution in [2.24, 2.45) is 17.6 Å². The Labute approximate surface area is 165 Å². The molecule has 6 heteroatoms. The summed E-state index contributed by atoms with van der Waals surface area (Å²) in [5.41, 5.74) is 9.35. The molecule has 0 bridgehead atoms. The second kappa shape index (κ2) is 7.89. The van der Waals surface area contributed by atoms with Crippen LogP contribution in [0.25, 0.3) is 5.70 Å². The third kappa shape index (κ3) is 3.65. The van der Waals surface area contributed by atoms with Crippen LogP contribution in [-0.4, -0.2) is 40.1 Å². The van der Waals surface area contributed by atoms with Gasteiger partial charge in [0.1, 0.15) is 5.92 Å². The molecule has 2 N–H and O–H groups in total. The number of carbonyl (C=O) groups is 2. The van der Waals surface area contributed by atoms with E-state index in [0.29, 0.717) is 17.2 Å². The zero-order valence-corrected chi connectivity index (χ0v) is 16.7. The first kappa shape index (κ1) is 19.7. The molecule has 2 aliphatic rings. The molecule has 146 valence electrons. The maximum Gasteiger partial charge on any atom is 0.269 e. The molecule has 1 aromatic rings. The van der Waals surface area contributed by atoms with Crippen molar-refractivity contribution < 1.29 is 9.59 Å². The Kier molecular flexibility index (Phi) is 5.55. The van der Waals surface area contributed by atoms with E-state index in [4.69, 9.17) is 5.73 Å². The maximum absolute atomic E-state index is 12.0. The summed E-state index contributed by atoms with van der Waals surface area (Å²) in [5, 5.41) is 4.47. The molecular weight excluding hydrogens is 352 g/mol. The minimum Gasteiger partial charge on any atom is -0.364 e. The lowest BCUT2D eigenvalue weighted by molar-refractivity contribution is -0.128. The van der Waals surface area contributed by atoms with Crippen molar-refractivity contribution in [3.8, 4) is 11.8 Å². The molecule has 1 unspecified atom stereocenters. The van der Waals surface area contributed by atoms with Gasteiger partial charge in [0.05, 0.1) is 5.70 Å². The summed E-state index contributed by atoms with van der Waals surface area (Å²) >= 11 is 0. The van der Waals surface area contributed by atoms with Crippen LogP contribution in [0.3, 0.4) is 0 Å².